The molecule has 8 nitrogen and oxygen atoms in total. The van der Waals surface area contributed by atoms with Gasteiger partial charge in [-0.1, -0.05) is 43.2 Å². The maximum absolute atomic E-state index is 11.6. The van der Waals surface area contributed by atoms with Gasteiger partial charge in [0.2, 0.25) is 10.0 Å². The number of ether oxygens (including phenoxy) is 1. The lowest BCUT2D eigenvalue weighted by Crippen LogP contribution is -2.21. The molecule has 2 aromatic carbocycles. The molecule has 4 N–H and O–H groups in total. The van der Waals surface area contributed by atoms with Crippen LogP contribution in [0.5, 0.6) is 5.75 Å². The van der Waals surface area contributed by atoms with Gasteiger partial charge >= 0.3 is 0 Å². The predicted molar refractivity (Wildman–Crippen MR) is 133 cm³/mol. The molecule has 0 saturated heterocycles. The molecule has 1 saturated carbocycles. The molecule has 3 aromatic rings. The van der Waals surface area contributed by atoms with Crippen LogP contribution < -0.4 is 15.2 Å². The Kier molecular flexibility index (Phi) is 7.20. The molecule has 1 fully saturated rings. The van der Waals surface area contributed by atoms with E-state index in [1.807, 2.05) is 30.3 Å². The second-order valence-electron chi connectivity index (χ2n) is 7.90. The highest BCUT2D eigenvalue weighted by Crippen LogP contribution is 2.33. The van der Waals surface area contributed by atoms with Crippen LogP contribution in [-0.4, -0.2) is 25.4 Å². The Bertz CT molecular complexity index is 1310. The zero-order valence-electron chi connectivity index (χ0n) is 18.2. The molecule has 176 valence electrons. The fraction of sp³-hybridized carbons (Fsp3) is 0.208. The zero-order chi connectivity index (χ0) is 24.1. The lowest BCUT2D eigenvalue weighted by atomic mass is 9.97. The van der Waals surface area contributed by atoms with E-state index < -0.39 is 10.0 Å². The Morgan fingerprint density at radius 1 is 1.12 bits per heavy atom. The number of carbonyl (C=O) groups is 1. The first-order chi connectivity index (χ1) is 16.3. The molecule has 4 rings (SSSR count). The summed E-state index contributed by atoms with van der Waals surface area (Å²) in [5.74, 6) is 0.735. The monoisotopic (exact) mass is 496 g/mol. The molecule has 0 aliphatic heterocycles. The summed E-state index contributed by atoms with van der Waals surface area (Å²) in [5, 5.41) is 19.6. The van der Waals surface area contributed by atoms with Crippen molar-refractivity contribution in [3.05, 3.63) is 77.0 Å². The zero-order valence-corrected chi connectivity index (χ0v) is 19.9. The molecular formula is C24H24N4O4S2. The van der Waals surface area contributed by atoms with Crippen molar-refractivity contribution < 1.29 is 17.9 Å². The van der Waals surface area contributed by atoms with Crippen molar-refractivity contribution in [1.82, 2.24) is 4.98 Å². The summed E-state index contributed by atoms with van der Waals surface area (Å²) in [6.45, 7) is 0. The summed E-state index contributed by atoms with van der Waals surface area (Å²) in [5.41, 5.74) is 1.99. The van der Waals surface area contributed by atoms with E-state index in [-0.39, 0.29) is 10.8 Å². The van der Waals surface area contributed by atoms with Gasteiger partial charge in [0.25, 0.3) is 0 Å². The van der Waals surface area contributed by atoms with Gasteiger partial charge in [0.15, 0.2) is 17.2 Å². The van der Waals surface area contributed by atoms with Crippen molar-refractivity contribution in [1.29, 1.82) is 5.41 Å². The number of aldehydes is 1. The number of sulfonamides is 1. The Labute approximate surface area is 202 Å². The molecule has 0 radical (unpaired) electrons. The first kappa shape index (κ1) is 23.8. The third kappa shape index (κ3) is 5.58. The van der Waals surface area contributed by atoms with Crippen LogP contribution in [0.3, 0.4) is 0 Å². The van der Waals surface area contributed by atoms with Crippen LogP contribution in [0, 0.1) is 11.3 Å². The highest BCUT2D eigenvalue weighted by Gasteiger charge is 2.27. The van der Waals surface area contributed by atoms with Crippen molar-refractivity contribution in [2.75, 3.05) is 5.32 Å². The number of primary sulfonamides is 1. The molecule has 0 amide bonds. The summed E-state index contributed by atoms with van der Waals surface area (Å²) >= 11 is 1.28. The minimum atomic E-state index is -3.84. The fourth-order valence-corrected chi connectivity index (χ4v) is 5.00. The minimum Gasteiger partial charge on any atom is -0.453 e. The van der Waals surface area contributed by atoms with Crippen LogP contribution in [0.15, 0.2) is 70.6 Å². The molecule has 0 unspecified atom stereocenters. The number of thiazole rings is 1. The first-order valence-electron chi connectivity index (χ1n) is 10.7. The molecule has 0 atom stereocenters. The average Bonchev–Trinajstić information content (AvgIpc) is 3.53. The highest BCUT2D eigenvalue weighted by molar-refractivity contribution is 7.89. The quantitative estimate of drug-likeness (QED) is 0.224. The van der Waals surface area contributed by atoms with Gasteiger partial charge in [-0.05, 0) is 37.1 Å². The van der Waals surface area contributed by atoms with E-state index in [2.05, 4.69) is 10.3 Å². The second-order valence-corrected chi connectivity index (χ2v) is 10.3. The van der Waals surface area contributed by atoms with Crippen molar-refractivity contribution in [2.24, 2.45) is 11.1 Å². The van der Waals surface area contributed by atoms with Gasteiger partial charge in [0.1, 0.15) is 11.4 Å². The number of nitrogens with zero attached hydrogens (tertiary/aromatic N) is 1. The standard InChI is InChI=1S/C24H24N4O4S2/c25-21(16-6-4-5-7-16)23(32-19-10-12-20(13-11-19)34(26,30)31)22(17-8-2-1-3-9-17)28-24-27-18(14-29)15-33-24/h1-3,8-16,25H,4-7H2,(H,27,28)(H2,26,30,31)/b23-22+,25-21?. The van der Waals surface area contributed by atoms with Crippen molar-refractivity contribution in [3.8, 4) is 5.75 Å². The van der Waals surface area contributed by atoms with Crippen LogP contribution in [-0.2, 0) is 10.0 Å². The molecule has 34 heavy (non-hydrogen) atoms. The second kappa shape index (κ2) is 10.3. The van der Waals surface area contributed by atoms with Gasteiger partial charge in [-0.25, -0.2) is 18.5 Å². The van der Waals surface area contributed by atoms with Crippen molar-refractivity contribution >= 4 is 44.2 Å². The minimum absolute atomic E-state index is 0.0261. The van der Waals surface area contributed by atoms with Crippen molar-refractivity contribution in [3.63, 3.8) is 0 Å². The highest BCUT2D eigenvalue weighted by atomic mass is 32.2. The fourth-order valence-electron chi connectivity index (χ4n) is 3.83. The number of aromatic nitrogens is 1. The number of nitrogens with one attached hydrogen (secondary N) is 2. The van der Waals surface area contributed by atoms with Gasteiger partial charge in [-0.15, -0.1) is 11.3 Å². The third-order valence-corrected chi connectivity index (χ3v) is 7.25. The summed E-state index contributed by atoms with van der Waals surface area (Å²) < 4.78 is 29.5. The summed E-state index contributed by atoms with van der Waals surface area (Å²) in [6, 6.07) is 15.2. The lowest BCUT2D eigenvalue weighted by Gasteiger charge is -2.21. The Morgan fingerprint density at radius 2 is 1.79 bits per heavy atom. The molecule has 10 heteroatoms. The van der Waals surface area contributed by atoms with Gasteiger partial charge in [-0.2, -0.15) is 0 Å². The average molecular weight is 497 g/mol. The number of carbonyl (C=O) groups excluding carboxylic acids is 1. The SMILES string of the molecule is N=C(/C(Oc1ccc(S(N)(=O)=O)cc1)=C(\Nc1nc(C=O)cs1)c1ccccc1)C1CCCC1. The first-order valence-corrected chi connectivity index (χ1v) is 13.1. The van der Waals surface area contributed by atoms with Gasteiger partial charge < -0.3 is 15.5 Å². The molecule has 0 bridgehead atoms. The maximum atomic E-state index is 11.6. The van der Waals surface area contributed by atoms with Crippen molar-refractivity contribution in [2.45, 2.75) is 30.6 Å². The summed E-state index contributed by atoms with van der Waals surface area (Å²) in [6.07, 6.45) is 4.56. The normalized spacial score (nSPS) is 15.0. The third-order valence-electron chi connectivity index (χ3n) is 5.54. The number of hydrogen-bond donors (Lipinski definition) is 3. The Hall–Kier alpha value is -3.34. The number of hydrogen-bond acceptors (Lipinski definition) is 8. The number of rotatable bonds is 9. The summed E-state index contributed by atoms with van der Waals surface area (Å²) in [7, 11) is -3.84. The molecule has 1 heterocycles. The molecule has 1 aliphatic rings. The largest absolute Gasteiger partial charge is 0.453 e. The van der Waals surface area contributed by atoms with Crippen LogP contribution in [0.4, 0.5) is 5.13 Å². The Morgan fingerprint density at radius 3 is 2.38 bits per heavy atom. The molecule has 1 aliphatic carbocycles. The topological polar surface area (TPSA) is 135 Å². The molecule has 1 aromatic heterocycles. The number of nitrogens with two attached hydrogens (primary N) is 1. The van der Waals surface area contributed by atoms with Crippen LogP contribution >= 0.6 is 11.3 Å². The smallest absolute Gasteiger partial charge is 0.238 e. The van der Waals surface area contributed by atoms with E-state index in [0.29, 0.717) is 40.0 Å². The summed E-state index contributed by atoms with van der Waals surface area (Å²) in [4.78, 5) is 15.4. The van der Waals surface area contributed by atoms with Crippen LogP contribution in [0.2, 0.25) is 0 Å². The lowest BCUT2D eigenvalue weighted by molar-refractivity contribution is 0.111. The van der Waals surface area contributed by atoms with Crippen LogP contribution in [0.25, 0.3) is 5.70 Å². The molecular weight excluding hydrogens is 472 g/mol. The van der Waals surface area contributed by atoms with E-state index in [1.54, 1.807) is 5.38 Å². The van der Waals surface area contributed by atoms with Gasteiger partial charge in [0, 0.05) is 16.9 Å². The number of benzene rings is 2. The van der Waals surface area contributed by atoms with E-state index in [9.17, 15) is 13.2 Å². The number of allylic oxidation sites excluding steroid dienone is 1. The van der Waals surface area contributed by atoms with Gasteiger partial charge in [-0.3, -0.25) is 4.79 Å². The van der Waals surface area contributed by atoms with Gasteiger partial charge in [0.05, 0.1) is 16.3 Å². The van der Waals surface area contributed by atoms with E-state index >= 15 is 0 Å². The van der Waals surface area contributed by atoms with Crippen LogP contribution in [0.1, 0.15) is 41.7 Å². The maximum Gasteiger partial charge on any atom is 0.238 e. The predicted octanol–water partition coefficient (Wildman–Crippen LogP) is 4.67. The van der Waals surface area contributed by atoms with E-state index in [4.69, 9.17) is 15.3 Å². The molecule has 0 spiro atoms. The number of anilines is 1. The van der Waals surface area contributed by atoms with E-state index in [1.165, 1.54) is 35.6 Å². The van der Waals surface area contributed by atoms with E-state index in [0.717, 1.165) is 31.2 Å². The Balaban J connectivity index is 1.81.